The molecule has 0 aliphatic carbocycles. The number of rotatable bonds is 7. The number of aliphatic carboxylic acids is 2. The Morgan fingerprint density at radius 1 is 1.19 bits per heavy atom. The molecule has 1 aromatic heterocycles. The van der Waals surface area contributed by atoms with Crippen LogP contribution in [0.2, 0.25) is 0 Å². The third kappa shape index (κ3) is 4.61. The second-order valence-electron chi connectivity index (χ2n) is 6.34. The summed E-state index contributed by atoms with van der Waals surface area (Å²) in [6.07, 6.45) is 1.38. The van der Waals surface area contributed by atoms with Crippen molar-refractivity contribution >= 4 is 46.2 Å². The molecule has 2 aromatic rings. The summed E-state index contributed by atoms with van der Waals surface area (Å²) in [4.78, 5) is 39.3. The number of carbonyl (C=O) groups excluding carboxylic acids is 1. The van der Waals surface area contributed by atoms with Crippen molar-refractivity contribution in [2.24, 2.45) is 0 Å². The summed E-state index contributed by atoms with van der Waals surface area (Å²) in [7, 11) is 0. The first kappa shape index (κ1) is 19.2. The molecule has 1 aromatic carbocycles. The molecule has 8 nitrogen and oxygen atoms in total. The first-order valence-corrected chi connectivity index (χ1v) is 9.78. The Bertz CT molecular complexity index is 860. The van der Waals surface area contributed by atoms with Crippen LogP contribution < -0.4 is 5.32 Å². The lowest BCUT2D eigenvalue weighted by Gasteiger charge is -2.31. The molecule has 1 unspecified atom stereocenters. The molecule has 0 spiro atoms. The third-order valence-corrected chi connectivity index (χ3v) is 5.45. The van der Waals surface area contributed by atoms with E-state index in [-0.39, 0.29) is 18.7 Å². The van der Waals surface area contributed by atoms with Crippen molar-refractivity contribution in [3.8, 4) is 0 Å². The molecule has 1 saturated heterocycles. The van der Waals surface area contributed by atoms with Crippen LogP contribution in [0.15, 0.2) is 24.4 Å². The van der Waals surface area contributed by atoms with Gasteiger partial charge in [-0.1, -0.05) is 6.07 Å². The second kappa shape index (κ2) is 8.45. The van der Waals surface area contributed by atoms with Gasteiger partial charge in [-0.25, -0.2) is 0 Å². The molecule has 0 bridgehead atoms. The number of nitrogens with one attached hydrogen (secondary N) is 2. The van der Waals surface area contributed by atoms with E-state index in [1.165, 1.54) is 0 Å². The number of anilines is 1. The minimum absolute atomic E-state index is 0.0998. The van der Waals surface area contributed by atoms with Gasteiger partial charge in [0.25, 0.3) is 0 Å². The maximum absolute atomic E-state index is 11.9. The number of carboxylic acid groups (broad SMARTS) is 2. The van der Waals surface area contributed by atoms with Crippen LogP contribution in [0.4, 0.5) is 5.69 Å². The molecule has 3 rings (SSSR count). The molecule has 1 aliphatic heterocycles. The fourth-order valence-electron chi connectivity index (χ4n) is 3.22. The zero-order valence-corrected chi connectivity index (χ0v) is 15.4. The van der Waals surface area contributed by atoms with Crippen molar-refractivity contribution in [3.63, 3.8) is 0 Å². The predicted octanol–water partition coefficient (Wildman–Crippen LogP) is 2.15. The van der Waals surface area contributed by atoms with Crippen LogP contribution in [0, 0.1) is 0 Å². The Labute approximate surface area is 159 Å². The Kier molecular flexibility index (Phi) is 6.02. The normalized spacial score (nSPS) is 16.1. The molecule has 1 aliphatic rings. The van der Waals surface area contributed by atoms with Gasteiger partial charge in [-0.15, -0.1) is 0 Å². The number of carboxylic acids is 2. The lowest BCUT2D eigenvalue weighted by Crippen LogP contribution is -2.39. The molecule has 27 heavy (non-hydrogen) atoms. The number of amides is 1. The number of carbonyl (C=O) groups is 3. The van der Waals surface area contributed by atoms with Crippen LogP contribution in [0.25, 0.3) is 10.9 Å². The molecular formula is C18H21N3O5S. The summed E-state index contributed by atoms with van der Waals surface area (Å²) in [5, 5.41) is 21.9. The summed E-state index contributed by atoms with van der Waals surface area (Å²) in [6, 6.07) is 4.49. The van der Waals surface area contributed by atoms with Crippen LogP contribution in [0.3, 0.4) is 0 Å². The minimum atomic E-state index is -1.02. The number of fused-ring (bicyclic) bond motifs is 1. The van der Waals surface area contributed by atoms with Crippen molar-refractivity contribution in [2.75, 3.05) is 29.9 Å². The maximum atomic E-state index is 11.9. The number of H-pyrrole nitrogens is 1. The highest BCUT2D eigenvalue weighted by Gasteiger charge is 2.30. The number of aromatic amines is 1. The average Bonchev–Trinajstić information content (AvgIpc) is 3.04. The molecule has 2 heterocycles. The van der Waals surface area contributed by atoms with Crippen LogP contribution in [0.5, 0.6) is 0 Å². The van der Waals surface area contributed by atoms with E-state index in [0.717, 1.165) is 35.5 Å². The van der Waals surface area contributed by atoms with Gasteiger partial charge in [0.2, 0.25) is 5.91 Å². The second-order valence-corrected chi connectivity index (χ2v) is 7.56. The van der Waals surface area contributed by atoms with Gasteiger partial charge in [0.15, 0.2) is 0 Å². The predicted molar refractivity (Wildman–Crippen MR) is 103 cm³/mol. The molecule has 9 heteroatoms. The van der Waals surface area contributed by atoms with Gasteiger partial charge in [-0.2, -0.15) is 11.8 Å². The zero-order valence-electron chi connectivity index (χ0n) is 14.6. The minimum Gasteiger partial charge on any atom is -0.481 e. The molecule has 1 amide bonds. The quantitative estimate of drug-likeness (QED) is 0.570. The van der Waals surface area contributed by atoms with E-state index < -0.39 is 18.0 Å². The molecular weight excluding hydrogens is 370 g/mol. The van der Waals surface area contributed by atoms with E-state index in [2.05, 4.69) is 10.3 Å². The van der Waals surface area contributed by atoms with Gasteiger partial charge >= 0.3 is 11.9 Å². The van der Waals surface area contributed by atoms with Gasteiger partial charge in [0.05, 0.1) is 6.42 Å². The largest absolute Gasteiger partial charge is 0.481 e. The van der Waals surface area contributed by atoms with Crippen molar-refractivity contribution in [1.82, 2.24) is 9.88 Å². The number of aromatic nitrogens is 1. The molecule has 1 fully saturated rings. The molecule has 0 radical (unpaired) electrons. The van der Waals surface area contributed by atoms with Crippen molar-refractivity contribution in [3.05, 3.63) is 30.0 Å². The highest BCUT2D eigenvalue weighted by atomic mass is 32.2. The third-order valence-electron chi connectivity index (χ3n) is 4.50. The van der Waals surface area contributed by atoms with Crippen molar-refractivity contribution < 1.29 is 24.6 Å². The van der Waals surface area contributed by atoms with Gasteiger partial charge in [-0.05, 0) is 12.1 Å². The highest BCUT2D eigenvalue weighted by Crippen LogP contribution is 2.31. The summed E-state index contributed by atoms with van der Waals surface area (Å²) in [5.41, 5.74) is 1.96. The fourth-order valence-corrected chi connectivity index (χ4v) is 4.15. The number of thioether (sulfide) groups is 1. The van der Waals surface area contributed by atoms with Gasteiger partial charge in [0, 0.05) is 59.4 Å². The van der Waals surface area contributed by atoms with E-state index in [1.807, 2.05) is 16.7 Å². The lowest BCUT2D eigenvalue weighted by molar-refractivity contribution is -0.143. The van der Waals surface area contributed by atoms with Crippen LogP contribution in [-0.4, -0.2) is 62.5 Å². The molecule has 144 valence electrons. The standard InChI is InChI=1S/C18H21N3O5S/c22-15(3-4-16(23)24)20-11-1-2-12-13(10-19-14(12)9-11)17(18(25)26)21-5-7-27-8-6-21/h1-2,9-10,17,19H,3-8H2,(H,20,22)(H,23,24)(H,25,26). The Morgan fingerprint density at radius 3 is 2.59 bits per heavy atom. The monoisotopic (exact) mass is 391 g/mol. The highest BCUT2D eigenvalue weighted by molar-refractivity contribution is 7.99. The topological polar surface area (TPSA) is 123 Å². The number of hydrogen-bond donors (Lipinski definition) is 4. The first-order chi connectivity index (χ1) is 13.0. The average molecular weight is 391 g/mol. The maximum Gasteiger partial charge on any atom is 0.325 e. The van der Waals surface area contributed by atoms with Crippen LogP contribution >= 0.6 is 11.8 Å². The van der Waals surface area contributed by atoms with E-state index in [4.69, 9.17) is 5.11 Å². The van der Waals surface area contributed by atoms with Crippen molar-refractivity contribution in [2.45, 2.75) is 18.9 Å². The summed E-state index contributed by atoms with van der Waals surface area (Å²) in [6.45, 7) is 1.46. The van der Waals surface area contributed by atoms with E-state index in [0.29, 0.717) is 11.3 Å². The summed E-state index contributed by atoms with van der Waals surface area (Å²) in [5.74, 6) is -0.450. The lowest BCUT2D eigenvalue weighted by atomic mass is 10.0. The molecule has 0 saturated carbocycles. The number of hydrogen-bond acceptors (Lipinski definition) is 5. The van der Waals surface area contributed by atoms with E-state index >= 15 is 0 Å². The SMILES string of the molecule is O=C(O)CCC(=O)Nc1ccc2c(C(C(=O)O)N3CCSCC3)c[nH]c2c1. The summed E-state index contributed by atoms with van der Waals surface area (Å²) < 4.78 is 0. The van der Waals surface area contributed by atoms with E-state index in [1.54, 1.807) is 24.4 Å². The van der Waals surface area contributed by atoms with Crippen LogP contribution in [0.1, 0.15) is 24.4 Å². The molecule has 1 atom stereocenters. The number of nitrogens with zero attached hydrogens (tertiary/aromatic N) is 1. The van der Waals surface area contributed by atoms with Gasteiger partial charge in [0.1, 0.15) is 6.04 Å². The fraction of sp³-hybridized carbons (Fsp3) is 0.389. The zero-order chi connectivity index (χ0) is 19.4. The Balaban J connectivity index is 1.81. The molecule has 4 N–H and O–H groups in total. The van der Waals surface area contributed by atoms with Gasteiger partial charge < -0.3 is 20.5 Å². The Morgan fingerprint density at radius 2 is 1.93 bits per heavy atom. The Hall–Kier alpha value is -2.52. The van der Waals surface area contributed by atoms with Crippen LogP contribution in [-0.2, 0) is 14.4 Å². The van der Waals surface area contributed by atoms with E-state index in [9.17, 15) is 19.5 Å². The number of benzene rings is 1. The van der Waals surface area contributed by atoms with Crippen molar-refractivity contribution in [1.29, 1.82) is 0 Å². The first-order valence-electron chi connectivity index (χ1n) is 8.63. The smallest absolute Gasteiger partial charge is 0.325 e. The summed E-state index contributed by atoms with van der Waals surface area (Å²) >= 11 is 1.82. The van der Waals surface area contributed by atoms with Gasteiger partial charge in [-0.3, -0.25) is 19.3 Å².